The van der Waals surface area contributed by atoms with Crippen LogP contribution in [0.2, 0.25) is 0 Å². The van der Waals surface area contributed by atoms with E-state index in [0.717, 1.165) is 44.0 Å². The fourth-order valence-corrected chi connectivity index (χ4v) is 2.77. The number of benzene rings is 1. The van der Waals surface area contributed by atoms with Gasteiger partial charge >= 0.3 is 0 Å². The van der Waals surface area contributed by atoms with Crippen LogP contribution in [0.1, 0.15) is 24.8 Å². The first-order valence-corrected chi connectivity index (χ1v) is 6.78. The summed E-state index contributed by atoms with van der Waals surface area (Å²) in [5, 5.41) is 3.37. The molecule has 2 rings (SSSR count). The lowest BCUT2D eigenvalue weighted by Gasteiger charge is -2.42. The Kier molecular flexibility index (Phi) is 4.88. The van der Waals surface area contributed by atoms with E-state index in [-0.39, 0.29) is 5.41 Å². The maximum absolute atomic E-state index is 13.2. The van der Waals surface area contributed by atoms with E-state index in [0.29, 0.717) is 6.61 Å². The quantitative estimate of drug-likeness (QED) is 0.768. The third-order valence-electron chi connectivity index (χ3n) is 3.90. The average molecular weight is 269 g/mol. The van der Waals surface area contributed by atoms with Crippen LogP contribution in [0, 0.1) is 17.0 Å². The van der Waals surface area contributed by atoms with Gasteiger partial charge in [0.1, 0.15) is 11.6 Å². The van der Waals surface area contributed by atoms with Crippen LogP contribution in [0.3, 0.4) is 0 Å². The number of hydrogen-bond donors (Lipinski definition) is 1. The molecular formula is C15H21F2NO. The molecule has 0 amide bonds. The van der Waals surface area contributed by atoms with Gasteiger partial charge in [0, 0.05) is 26.3 Å². The Bertz CT molecular complexity index is 398. The number of halogens is 2. The van der Waals surface area contributed by atoms with Crippen LogP contribution in [0.15, 0.2) is 18.2 Å². The molecule has 0 aromatic heterocycles. The summed E-state index contributed by atoms with van der Waals surface area (Å²) in [6.45, 7) is 2.38. The van der Waals surface area contributed by atoms with Crippen molar-refractivity contribution in [2.75, 3.05) is 26.8 Å². The lowest BCUT2D eigenvalue weighted by Crippen LogP contribution is -2.42. The first kappa shape index (κ1) is 14.4. The van der Waals surface area contributed by atoms with Crippen LogP contribution < -0.4 is 5.32 Å². The predicted molar refractivity (Wildman–Crippen MR) is 71.1 cm³/mol. The van der Waals surface area contributed by atoms with Crippen molar-refractivity contribution in [2.24, 2.45) is 5.41 Å². The molecule has 4 heteroatoms. The van der Waals surface area contributed by atoms with Gasteiger partial charge in [-0.15, -0.1) is 0 Å². The Morgan fingerprint density at radius 1 is 1.21 bits per heavy atom. The molecule has 106 valence electrons. The Balaban J connectivity index is 1.94. The molecule has 1 aliphatic carbocycles. The number of ether oxygens (including phenoxy) is 1. The van der Waals surface area contributed by atoms with Gasteiger partial charge in [0.2, 0.25) is 0 Å². The van der Waals surface area contributed by atoms with Crippen molar-refractivity contribution in [1.29, 1.82) is 0 Å². The van der Waals surface area contributed by atoms with Gasteiger partial charge in [0.25, 0.3) is 0 Å². The molecule has 0 saturated heterocycles. The van der Waals surface area contributed by atoms with Crippen molar-refractivity contribution in [2.45, 2.75) is 25.7 Å². The van der Waals surface area contributed by atoms with Gasteiger partial charge in [-0.05, 0) is 42.4 Å². The summed E-state index contributed by atoms with van der Waals surface area (Å²) >= 11 is 0. The molecule has 19 heavy (non-hydrogen) atoms. The zero-order valence-electron chi connectivity index (χ0n) is 11.3. The van der Waals surface area contributed by atoms with Crippen LogP contribution in [-0.4, -0.2) is 26.8 Å². The maximum Gasteiger partial charge on any atom is 0.126 e. The van der Waals surface area contributed by atoms with E-state index in [1.54, 1.807) is 7.11 Å². The Hall–Kier alpha value is -1.00. The van der Waals surface area contributed by atoms with Crippen LogP contribution in [0.25, 0.3) is 0 Å². The van der Waals surface area contributed by atoms with Crippen molar-refractivity contribution in [3.05, 3.63) is 35.4 Å². The fourth-order valence-electron chi connectivity index (χ4n) is 2.77. The molecule has 0 radical (unpaired) electrons. The lowest BCUT2D eigenvalue weighted by molar-refractivity contribution is 0.123. The second-order valence-electron chi connectivity index (χ2n) is 5.48. The zero-order valence-corrected chi connectivity index (χ0v) is 11.3. The largest absolute Gasteiger partial charge is 0.383 e. The molecule has 1 aromatic carbocycles. The Labute approximate surface area is 113 Å². The predicted octanol–water partition coefficient (Wildman–Crippen LogP) is 2.91. The molecule has 2 nitrogen and oxygen atoms in total. The second kappa shape index (κ2) is 6.44. The first-order chi connectivity index (χ1) is 9.13. The molecule has 1 aliphatic rings. The van der Waals surface area contributed by atoms with Gasteiger partial charge in [0.05, 0.1) is 6.61 Å². The van der Waals surface area contributed by atoms with Crippen molar-refractivity contribution in [3.63, 3.8) is 0 Å². The Morgan fingerprint density at radius 3 is 2.42 bits per heavy atom. The minimum atomic E-state index is -0.489. The molecule has 0 aliphatic heterocycles. The van der Waals surface area contributed by atoms with E-state index < -0.39 is 11.6 Å². The summed E-state index contributed by atoms with van der Waals surface area (Å²) in [5.74, 6) is -0.978. The molecule has 1 fully saturated rings. The van der Waals surface area contributed by atoms with Crippen molar-refractivity contribution < 1.29 is 13.5 Å². The molecule has 0 atom stereocenters. The third-order valence-corrected chi connectivity index (χ3v) is 3.90. The van der Waals surface area contributed by atoms with Crippen molar-refractivity contribution >= 4 is 0 Å². The number of nitrogens with one attached hydrogen (secondary N) is 1. The molecule has 0 bridgehead atoms. The normalized spacial score (nSPS) is 17.2. The van der Waals surface area contributed by atoms with E-state index in [1.807, 2.05) is 0 Å². The van der Waals surface area contributed by atoms with Gasteiger partial charge in [0.15, 0.2) is 0 Å². The summed E-state index contributed by atoms with van der Waals surface area (Å²) in [5.41, 5.74) is 0.916. The Morgan fingerprint density at radius 2 is 1.89 bits per heavy atom. The van der Waals surface area contributed by atoms with Crippen molar-refractivity contribution in [3.8, 4) is 0 Å². The highest BCUT2D eigenvalue weighted by Crippen LogP contribution is 2.43. The SMILES string of the molecule is COCCNCC1(Cc2cc(F)cc(F)c2)CCC1. The van der Waals surface area contributed by atoms with E-state index >= 15 is 0 Å². The molecular weight excluding hydrogens is 248 g/mol. The summed E-state index contributed by atoms with van der Waals surface area (Å²) in [4.78, 5) is 0. The molecule has 1 saturated carbocycles. The van der Waals surface area contributed by atoms with Gasteiger partial charge in [-0.1, -0.05) is 6.42 Å². The maximum atomic E-state index is 13.2. The van der Waals surface area contributed by atoms with E-state index in [9.17, 15) is 8.78 Å². The monoisotopic (exact) mass is 269 g/mol. The number of methoxy groups -OCH3 is 1. The highest BCUT2D eigenvalue weighted by molar-refractivity contribution is 5.20. The number of hydrogen-bond acceptors (Lipinski definition) is 2. The average Bonchev–Trinajstić information content (AvgIpc) is 2.30. The van der Waals surface area contributed by atoms with Crippen LogP contribution in [0.5, 0.6) is 0 Å². The van der Waals surface area contributed by atoms with E-state index in [2.05, 4.69) is 5.32 Å². The van der Waals surface area contributed by atoms with Crippen LogP contribution >= 0.6 is 0 Å². The third kappa shape index (κ3) is 3.98. The molecule has 1 aromatic rings. The van der Waals surface area contributed by atoms with Gasteiger partial charge in [-0.3, -0.25) is 0 Å². The summed E-state index contributed by atoms with van der Waals surface area (Å²) < 4.78 is 31.4. The smallest absolute Gasteiger partial charge is 0.126 e. The minimum absolute atomic E-state index is 0.161. The van der Waals surface area contributed by atoms with Crippen LogP contribution in [-0.2, 0) is 11.2 Å². The zero-order chi connectivity index (χ0) is 13.7. The highest BCUT2D eigenvalue weighted by Gasteiger charge is 2.36. The first-order valence-electron chi connectivity index (χ1n) is 6.78. The summed E-state index contributed by atoms with van der Waals surface area (Å²) in [6.07, 6.45) is 4.17. The molecule has 0 unspecified atom stereocenters. The summed E-state index contributed by atoms with van der Waals surface area (Å²) in [7, 11) is 1.68. The van der Waals surface area contributed by atoms with E-state index in [4.69, 9.17) is 4.74 Å². The fraction of sp³-hybridized carbons (Fsp3) is 0.600. The minimum Gasteiger partial charge on any atom is -0.383 e. The molecule has 0 spiro atoms. The number of rotatable bonds is 7. The highest BCUT2D eigenvalue weighted by atomic mass is 19.1. The summed E-state index contributed by atoms with van der Waals surface area (Å²) in [6, 6.07) is 3.81. The van der Waals surface area contributed by atoms with Gasteiger partial charge in [-0.2, -0.15) is 0 Å². The molecule has 0 heterocycles. The van der Waals surface area contributed by atoms with Crippen LogP contribution in [0.4, 0.5) is 8.78 Å². The topological polar surface area (TPSA) is 21.3 Å². The van der Waals surface area contributed by atoms with Crippen molar-refractivity contribution in [1.82, 2.24) is 5.32 Å². The second-order valence-corrected chi connectivity index (χ2v) is 5.48. The van der Waals surface area contributed by atoms with Gasteiger partial charge in [-0.25, -0.2) is 8.78 Å². The lowest BCUT2D eigenvalue weighted by atomic mass is 9.65. The standard InChI is InChI=1S/C15H21F2NO/c1-19-6-5-18-11-15(3-2-4-15)10-12-7-13(16)9-14(17)8-12/h7-9,18H,2-6,10-11H2,1H3. The van der Waals surface area contributed by atoms with Gasteiger partial charge < -0.3 is 10.1 Å². The van der Waals surface area contributed by atoms with E-state index in [1.165, 1.54) is 18.6 Å². The molecule has 1 N–H and O–H groups in total.